The van der Waals surface area contributed by atoms with Crippen LogP contribution in [-0.2, 0) is 11.3 Å². The first-order valence-corrected chi connectivity index (χ1v) is 6.08. The molecule has 0 saturated carbocycles. The summed E-state index contributed by atoms with van der Waals surface area (Å²) in [5, 5.41) is 17.5. The van der Waals surface area contributed by atoms with Crippen LogP contribution < -0.4 is 5.73 Å². The first-order chi connectivity index (χ1) is 10.1. The van der Waals surface area contributed by atoms with Gasteiger partial charge in [0, 0.05) is 17.8 Å². The van der Waals surface area contributed by atoms with Crippen molar-refractivity contribution < 1.29 is 14.7 Å². The molecule has 3 aromatic rings. The normalized spacial score (nSPS) is 10.9. The predicted molar refractivity (Wildman–Crippen MR) is 73.0 cm³/mol. The molecule has 8 heteroatoms. The number of carboxylic acid groups (broad SMARTS) is 1. The van der Waals surface area contributed by atoms with Gasteiger partial charge in [0.25, 0.3) is 5.91 Å². The average Bonchev–Trinajstić information content (AvgIpc) is 3.05. The molecule has 0 aliphatic heterocycles. The maximum Gasteiger partial charge on any atom is 0.325 e. The third-order valence-corrected chi connectivity index (χ3v) is 3.02. The highest BCUT2D eigenvalue weighted by molar-refractivity contribution is 6.04. The van der Waals surface area contributed by atoms with Crippen molar-refractivity contribution in [2.45, 2.75) is 6.54 Å². The Morgan fingerprint density at radius 1 is 1.33 bits per heavy atom. The number of aliphatic carboxylic acids is 1. The summed E-state index contributed by atoms with van der Waals surface area (Å²) in [7, 11) is 0. The van der Waals surface area contributed by atoms with Gasteiger partial charge in [-0.25, -0.2) is 4.68 Å². The number of fused-ring (bicyclic) bond motifs is 1. The minimum absolute atomic E-state index is 0.0419. The summed E-state index contributed by atoms with van der Waals surface area (Å²) >= 11 is 0. The lowest BCUT2D eigenvalue weighted by Gasteiger charge is -2.03. The smallest absolute Gasteiger partial charge is 0.325 e. The van der Waals surface area contributed by atoms with Gasteiger partial charge >= 0.3 is 5.97 Å². The molecule has 2 heterocycles. The number of primary amides is 1. The lowest BCUT2D eigenvalue weighted by Crippen LogP contribution is -2.14. The fourth-order valence-corrected chi connectivity index (χ4v) is 2.16. The van der Waals surface area contributed by atoms with Crippen LogP contribution in [0.4, 0.5) is 0 Å². The Balaban J connectivity index is 2.21. The predicted octanol–water partition coefficient (Wildman–Crippen LogP) is 0.405. The van der Waals surface area contributed by atoms with E-state index in [0.29, 0.717) is 10.9 Å². The van der Waals surface area contributed by atoms with Crippen LogP contribution in [-0.4, -0.2) is 36.5 Å². The zero-order chi connectivity index (χ0) is 15.0. The molecule has 106 valence electrons. The molecule has 0 unspecified atom stereocenters. The highest BCUT2D eigenvalue weighted by Gasteiger charge is 2.17. The number of benzene rings is 1. The van der Waals surface area contributed by atoms with Gasteiger partial charge in [0.05, 0.1) is 11.2 Å². The third kappa shape index (κ3) is 2.22. The van der Waals surface area contributed by atoms with Crippen molar-refractivity contribution in [1.29, 1.82) is 0 Å². The van der Waals surface area contributed by atoms with Gasteiger partial charge < -0.3 is 10.8 Å². The van der Waals surface area contributed by atoms with Crippen LogP contribution >= 0.6 is 0 Å². The molecule has 1 aromatic carbocycles. The van der Waals surface area contributed by atoms with Gasteiger partial charge in [0.2, 0.25) is 0 Å². The standard InChI is InChI=1S/C13H11N5O3/c14-13(21)12-9-6-8(17-5-1-4-15-17)2-3-10(9)18(16-12)7-11(19)20/h1-6H,7H2,(H2,14,21)(H,19,20). The summed E-state index contributed by atoms with van der Waals surface area (Å²) in [4.78, 5) is 22.3. The minimum Gasteiger partial charge on any atom is -0.480 e. The summed E-state index contributed by atoms with van der Waals surface area (Å²) in [6.07, 6.45) is 3.39. The molecule has 0 atom stereocenters. The van der Waals surface area contributed by atoms with E-state index in [9.17, 15) is 9.59 Å². The second-order valence-electron chi connectivity index (χ2n) is 4.42. The number of aromatic nitrogens is 4. The van der Waals surface area contributed by atoms with E-state index in [-0.39, 0.29) is 12.2 Å². The number of hydrogen-bond acceptors (Lipinski definition) is 4. The van der Waals surface area contributed by atoms with Crippen molar-refractivity contribution in [3.05, 3.63) is 42.4 Å². The number of nitrogens with two attached hydrogens (primary N) is 1. The Morgan fingerprint density at radius 3 is 2.76 bits per heavy atom. The molecular formula is C13H11N5O3. The second kappa shape index (κ2) is 4.75. The molecule has 21 heavy (non-hydrogen) atoms. The summed E-state index contributed by atoms with van der Waals surface area (Å²) in [5.74, 6) is -1.76. The lowest BCUT2D eigenvalue weighted by molar-refractivity contribution is -0.137. The van der Waals surface area contributed by atoms with E-state index in [2.05, 4.69) is 10.2 Å². The molecule has 0 aliphatic rings. The number of carboxylic acids is 1. The highest BCUT2D eigenvalue weighted by Crippen LogP contribution is 2.22. The SMILES string of the molecule is NC(=O)c1nn(CC(=O)O)c2ccc(-n3cccn3)cc12. The van der Waals surface area contributed by atoms with Crippen molar-refractivity contribution >= 4 is 22.8 Å². The Kier molecular flexibility index (Phi) is 2.90. The summed E-state index contributed by atoms with van der Waals surface area (Å²) in [6.45, 7) is -0.342. The second-order valence-corrected chi connectivity index (χ2v) is 4.42. The largest absolute Gasteiger partial charge is 0.480 e. The van der Waals surface area contributed by atoms with Gasteiger partial charge in [-0.3, -0.25) is 14.3 Å². The van der Waals surface area contributed by atoms with E-state index in [4.69, 9.17) is 10.8 Å². The fourth-order valence-electron chi connectivity index (χ4n) is 2.16. The molecule has 0 fully saturated rings. The highest BCUT2D eigenvalue weighted by atomic mass is 16.4. The van der Waals surface area contributed by atoms with Gasteiger partial charge in [-0.2, -0.15) is 10.2 Å². The van der Waals surface area contributed by atoms with Crippen LogP contribution in [0.25, 0.3) is 16.6 Å². The number of carbonyl (C=O) groups excluding carboxylic acids is 1. The molecule has 0 aliphatic carbocycles. The molecule has 0 spiro atoms. The van der Waals surface area contributed by atoms with Crippen molar-refractivity contribution in [2.24, 2.45) is 5.73 Å². The minimum atomic E-state index is -1.05. The molecule has 2 aromatic heterocycles. The molecule has 3 rings (SSSR count). The third-order valence-electron chi connectivity index (χ3n) is 3.02. The first-order valence-electron chi connectivity index (χ1n) is 6.08. The summed E-state index contributed by atoms with van der Waals surface area (Å²) < 4.78 is 2.86. The fraction of sp³-hybridized carbons (Fsp3) is 0.0769. The van der Waals surface area contributed by atoms with Crippen molar-refractivity contribution in [1.82, 2.24) is 19.6 Å². The van der Waals surface area contributed by atoms with Gasteiger partial charge in [-0.1, -0.05) is 0 Å². The molecular weight excluding hydrogens is 274 g/mol. The van der Waals surface area contributed by atoms with E-state index >= 15 is 0 Å². The summed E-state index contributed by atoms with van der Waals surface area (Å²) in [6, 6.07) is 6.93. The lowest BCUT2D eigenvalue weighted by atomic mass is 10.2. The van der Waals surface area contributed by atoms with Crippen LogP contribution in [0.5, 0.6) is 0 Å². The van der Waals surface area contributed by atoms with E-state index in [1.54, 1.807) is 41.3 Å². The maximum absolute atomic E-state index is 11.5. The number of nitrogens with zero attached hydrogens (tertiary/aromatic N) is 4. The molecule has 0 saturated heterocycles. The Bertz CT molecular complexity index is 835. The van der Waals surface area contributed by atoms with Crippen LogP contribution in [0, 0.1) is 0 Å². The Hall–Kier alpha value is -3.16. The van der Waals surface area contributed by atoms with E-state index in [0.717, 1.165) is 5.69 Å². The molecule has 8 nitrogen and oxygen atoms in total. The maximum atomic E-state index is 11.5. The van der Waals surface area contributed by atoms with Gasteiger partial charge in [0.1, 0.15) is 6.54 Å². The van der Waals surface area contributed by atoms with Crippen LogP contribution in [0.2, 0.25) is 0 Å². The quantitative estimate of drug-likeness (QED) is 0.720. The first kappa shape index (κ1) is 12.9. The number of carbonyl (C=O) groups is 2. The number of rotatable bonds is 4. The zero-order valence-electron chi connectivity index (χ0n) is 10.8. The van der Waals surface area contributed by atoms with Crippen LogP contribution in [0.1, 0.15) is 10.5 Å². The summed E-state index contributed by atoms with van der Waals surface area (Å²) in [5.41, 5.74) is 6.61. The van der Waals surface area contributed by atoms with Crippen LogP contribution in [0.3, 0.4) is 0 Å². The Morgan fingerprint density at radius 2 is 2.14 bits per heavy atom. The number of amides is 1. The average molecular weight is 285 g/mol. The van der Waals surface area contributed by atoms with Crippen molar-refractivity contribution in [3.8, 4) is 5.69 Å². The molecule has 1 amide bonds. The monoisotopic (exact) mass is 285 g/mol. The van der Waals surface area contributed by atoms with Gasteiger partial charge in [-0.15, -0.1) is 0 Å². The van der Waals surface area contributed by atoms with Crippen molar-refractivity contribution in [3.63, 3.8) is 0 Å². The van der Waals surface area contributed by atoms with Gasteiger partial charge in [0.15, 0.2) is 5.69 Å². The van der Waals surface area contributed by atoms with E-state index in [1.807, 2.05) is 0 Å². The van der Waals surface area contributed by atoms with Crippen molar-refractivity contribution in [2.75, 3.05) is 0 Å². The van der Waals surface area contributed by atoms with E-state index < -0.39 is 11.9 Å². The topological polar surface area (TPSA) is 116 Å². The zero-order valence-corrected chi connectivity index (χ0v) is 10.8. The molecule has 3 N–H and O–H groups in total. The van der Waals surface area contributed by atoms with Crippen LogP contribution in [0.15, 0.2) is 36.7 Å². The van der Waals surface area contributed by atoms with E-state index in [1.165, 1.54) is 4.68 Å². The molecule has 0 radical (unpaired) electrons. The van der Waals surface area contributed by atoms with Gasteiger partial charge in [-0.05, 0) is 24.3 Å². The Labute approximate surface area is 118 Å². The number of hydrogen-bond donors (Lipinski definition) is 2. The molecule has 0 bridgehead atoms.